The molecule has 1 N–H and O–H groups in total. The lowest BCUT2D eigenvalue weighted by molar-refractivity contribution is -0.146. The molecule has 0 aromatic heterocycles. The van der Waals surface area contributed by atoms with E-state index in [9.17, 15) is 18.0 Å². The lowest BCUT2D eigenvalue weighted by Crippen LogP contribution is -2.46. The van der Waals surface area contributed by atoms with E-state index in [4.69, 9.17) is 9.47 Å². The van der Waals surface area contributed by atoms with Crippen LogP contribution in [0, 0.1) is 5.92 Å². The van der Waals surface area contributed by atoms with Gasteiger partial charge in [-0.05, 0) is 51.3 Å². The molecule has 1 aromatic rings. The van der Waals surface area contributed by atoms with Gasteiger partial charge >= 0.3 is 12.1 Å². The fourth-order valence-electron chi connectivity index (χ4n) is 3.39. The maximum atomic E-state index is 13.6. The van der Waals surface area contributed by atoms with Gasteiger partial charge in [-0.1, -0.05) is 6.07 Å². The van der Waals surface area contributed by atoms with Crippen molar-refractivity contribution >= 4 is 35.9 Å². The van der Waals surface area contributed by atoms with Crippen LogP contribution in [-0.2, 0) is 22.3 Å². The summed E-state index contributed by atoms with van der Waals surface area (Å²) in [6, 6.07) is 4.00. The fraction of sp³-hybridized carbons (Fsp3) is 0.619. The van der Waals surface area contributed by atoms with E-state index < -0.39 is 17.3 Å². The van der Waals surface area contributed by atoms with Crippen LogP contribution in [0.25, 0.3) is 0 Å². The lowest BCUT2D eigenvalue weighted by atomic mass is 9.97. The first kappa shape index (κ1) is 27.3. The molecule has 1 heterocycles. The van der Waals surface area contributed by atoms with Crippen LogP contribution in [-0.4, -0.2) is 49.7 Å². The highest BCUT2D eigenvalue weighted by Crippen LogP contribution is 2.35. The molecule has 1 fully saturated rings. The molecule has 0 radical (unpaired) electrons. The number of esters is 1. The van der Waals surface area contributed by atoms with Crippen LogP contribution in [0.5, 0.6) is 5.75 Å². The number of carbonyl (C=O) groups excluding carboxylic acids is 1. The zero-order chi connectivity index (χ0) is 22.5. The number of alkyl halides is 3. The van der Waals surface area contributed by atoms with Gasteiger partial charge in [0.05, 0.1) is 18.6 Å². The summed E-state index contributed by atoms with van der Waals surface area (Å²) in [6.45, 7) is 6.46. The van der Waals surface area contributed by atoms with E-state index in [1.165, 1.54) is 13.2 Å². The minimum Gasteiger partial charge on any atom is -0.488 e. The lowest BCUT2D eigenvalue weighted by Gasteiger charge is -2.33. The Labute approximate surface area is 198 Å². The number of methoxy groups -OCH3 is 1. The number of nitrogens with zero attached hydrogens (tertiary/aromatic N) is 2. The molecule has 0 unspecified atom stereocenters. The van der Waals surface area contributed by atoms with E-state index in [0.717, 1.165) is 6.07 Å². The third kappa shape index (κ3) is 8.04. The van der Waals surface area contributed by atoms with Crippen LogP contribution in [0.15, 0.2) is 23.2 Å². The number of rotatable bonds is 4. The Balaban J connectivity index is 0.00000480. The Morgan fingerprint density at radius 3 is 2.32 bits per heavy atom. The number of carbonyl (C=O) groups is 1. The van der Waals surface area contributed by atoms with Crippen molar-refractivity contribution in [2.24, 2.45) is 10.9 Å². The highest BCUT2D eigenvalue weighted by Gasteiger charge is 2.34. The summed E-state index contributed by atoms with van der Waals surface area (Å²) in [7, 11) is 2.95. The number of aliphatic imine (C=N–C) groups is 1. The van der Waals surface area contributed by atoms with Gasteiger partial charge in [0.15, 0.2) is 5.96 Å². The normalized spacial score (nSPS) is 15.9. The largest absolute Gasteiger partial charge is 0.488 e. The van der Waals surface area contributed by atoms with E-state index in [1.54, 1.807) is 33.9 Å². The minimum absolute atomic E-state index is 0. The van der Waals surface area contributed by atoms with Gasteiger partial charge < -0.3 is 19.7 Å². The second-order valence-electron chi connectivity index (χ2n) is 8.22. The van der Waals surface area contributed by atoms with Crippen molar-refractivity contribution in [3.8, 4) is 5.75 Å². The molecule has 10 heteroatoms. The van der Waals surface area contributed by atoms with E-state index in [0.29, 0.717) is 31.9 Å². The number of piperidine rings is 1. The predicted molar refractivity (Wildman–Crippen MR) is 124 cm³/mol. The van der Waals surface area contributed by atoms with Crippen LogP contribution < -0.4 is 10.1 Å². The summed E-state index contributed by atoms with van der Waals surface area (Å²) in [5.74, 6) is 0.288. The topological polar surface area (TPSA) is 63.2 Å². The molecule has 6 nitrogen and oxygen atoms in total. The molecule has 31 heavy (non-hydrogen) atoms. The van der Waals surface area contributed by atoms with Gasteiger partial charge in [-0.2, -0.15) is 13.2 Å². The number of hydrogen-bond acceptors (Lipinski definition) is 4. The van der Waals surface area contributed by atoms with Gasteiger partial charge in [-0.3, -0.25) is 9.79 Å². The molecule has 1 aliphatic heterocycles. The molecule has 1 saturated heterocycles. The molecule has 1 aliphatic rings. The van der Waals surface area contributed by atoms with Gasteiger partial charge in [0.25, 0.3) is 0 Å². The summed E-state index contributed by atoms with van der Waals surface area (Å²) < 4.78 is 51.2. The molecule has 2 rings (SSSR count). The second kappa shape index (κ2) is 11.2. The zero-order valence-corrected chi connectivity index (χ0v) is 20.8. The summed E-state index contributed by atoms with van der Waals surface area (Å²) in [4.78, 5) is 17.8. The van der Waals surface area contributed by atoms with Gasteiger partial charge in [-0.25, -0.2) is 0 Å². The van der Waals surface area contributed by atoms with Crippen molar-refractivity contribution in [1.29, 1.82) is 0 Å². The molecule has 0 bridgehead atoms. The molecular weight excluding hydrogens is 526 g/mol. The second-order valence-corrected chi connectivity index (χ2v) is 8.22. The maximum absolute atomic E-state index is 13.6. The molecular formula is C21H31F3IN3O3. The third-order valence-electron chi connectivity index (χ3n) is 4.79. The van der Waals surface area contributed by atoms with E-state index in [-0.39, 0.29) is 53.7 Å². The molecule has 0 amide bonds. The number of halogens is 4. The van der Waals surface area contributed by atoms with Crippen molar-refractivity contribution < 1.29 is 27.4 Å². The average molecular weight is 557 g/mol. The van der Waals surface area contributed by atoms with Crippen LogP contribution in [0.4, 0.5) is 13.2 Å². The van der Waals surface area contributed by atoms with Crippen molar-refractivity contribution in [3.63, 3.8) is 0 Å². The van der Waals surface area contributed by atoms with Crippen molar-refractivity contribution in [3.05, 3.63) is 29.3 Å². The first-order valence-electron chi connectivity index (χ1n) is 9.87. The highest BCUT2D eigenvalue weighted by atomic mass is 127. The molecule has 0 aliphatic carbocycles. The van der Waals surface area contributed by atoms with E-state index >= 15 is 0 Å². The summed E-state index contributed by atoms with van der Waals surface area (Å²) in [5, 5.41) is 3.01. The Bertz CT molecular complexity index is 771. The zero-order valence-electron chi connectivity index (χ0n) is 18.5. The number of hydrogen-bond donors (Lipinski definition) is 1. The number of nitrogens with one attached hydrogen (secondary N) is 1. The molecule has 176 valence electrons. The number of ether oxygens (including phenoxy) is 2. The van der Waals surface area contributed by atoms with Crippen LogP contribution in [0.3, 0.4) is 0 Å². The third-order valence-corrected chi connectivity index (χ3v) is 4.79. The predicted octanol–water partition coefficient (Wildman–Crippen LogP) is 4.46. The van der Waals surface area contributed by atoms with Crippen LogP contribution in [0.1, 0.15) is 44.7 Å². The van der Waals surface area contributed by atoms with Crippen LogP contribution in [0.2, 0.25) is 0 Å². The Kier molecular flexibility index (Phi) is 9.90. The van der Waals surface area contributed by atoms with Crippen LogP contribution >= 0.6 is 24.0 Å². The highest BCUT2D eigenvalue weighted by molar-refractivity contribution is 14.0. The maximum Gasteiger partial charge on any atom is 0.416 e. The van der Waals surface area contributed by atoms with Gasteiger partial charge in [0, 0.05) is 26.7 Å². The van der Waals surface area contributed by atoms with Gasteiger partial charge in [-0.15, -0.1) is 24.0 Å². The summed E-state index contributed by atoms with van der Waals surface area (Å²) in [5.41, 5.74) is -1.23. The average Bonchev–Trinajstić information content (AvgIpc) is 2.67. The Morgan fingerprint density at radius 2 is 1.84 bits per heavy atom. The van der Waals surface area contributed by atoms with Crippen molar-refractivity contribution in [2.45, 2.75) is 51.9 Å². The molecule has 1 aromatic carbocycles. The molecule has 0 atom stereocenters. The summed E-state index contributed by atoms with van der Waals surface area (Å²) in [6.07, 6.45) is -3.28. The van der Waals surface area contributed by atoms with E-state index in [1.807, 2.05) is 4.90 Å². The minimum atomic E-state index is -4.50. The fourth-order valence-corrected chi connectivity index (χ4v) is 3.39. The first-order chi connectivity index (χ1) is 13.9. The van der Waals surface area contributed by atoms with Crippen molar-refractivity contribution in [2.75, 3.05) is 27.2 Å². The number of guanidine groups is 1. The molecule has 0 saturated carbocycles. The monoisotopic (exact) mass is 557 g/mol. The van der Waals surface area contributed by atoms with Gasteiger partial charge in [0.1, 0.15) is 11.4 Å². The van der Waals surface area contributed by atoms with Crippen molar-refractivity contribution in [1.82, 2.24) is 10.2 Å². The SMILES string of the molecule is CN=C(NCc1ccc(OC(C)(C)C)cc1C(F)(F)F)N1CCC(C(=O)OC)CC1.I. The standard InChI is InChI=1S/C21H30F3N3O3.HI/c1-20(2,3)30-16-7-6-15(17(12-16)21(22,23)24)13-26-19(25-4)27-10-8-14(9-11-27)18(28)29-5;/h6-7,12,14H,8-11,13H2,1-5H3,(H,25,26);1H. The first-order valence-corrected chi connectivity index (χ1v) is 9.87. The number of likely N-dealkylation sites (tertiary alicyclic amines) is 1. The summed E-state index contributed by atoms with van der Waals surface area (Å²) >= 11 is 0. The Morgan fingerprint density at radius 1 is 1.23 bits per heavy atom. The Hall–Kier alpha value is -1.72. The smallest absolute Gasteiger partial charge is 0.416 e. The number of benzene rings is 1. The van der Waals surface area contributed by atoms with Gasteiger partial charge in [0.2, 0.25) is 0 Å². The van der Waals surface area contributed by atoms with E-state index in [2.05, 4.69) is 10.3 Å². The molecule has 0 spiro atoms. The quantitative estimate of drug-likeness (QED) is 0.257.